The van der Waals surface area contributed by atoms with E-state index in [1.807, 2.05) is 13.8 Å². The van der Waals surface area contributed by atoms with Crippen LogP contribution in [0.3, 0.4) is 0 Å². The lowest BCUT2D eigenvalue weighted by Gasteiger charge is -2.13. The second-order valence-corrected chi connectivity index (χ2v) is 1.62. The van der Waals surface area contributed by atoms with Gasteiger partial charge in [0.1, 0.15) is 0 Å². The highest BCUT2D eigenvalue weighted by molar-refractivity contribution is 4.43. The number of nitrogens with zero attached hydrogens (tertiary/aromatic N) is 1. The van der Waals surface area contributed by atoms with Gasteiger partial charge in [-0.05, 0) is 19.6 Å². The molecule has 0 atom stereocenters. The van der Waals surface area contributed by atoms with Crippen molar-refractivity contribution < 1.29 is 0 Å². The van der Waals surface area contributed by atoms with E-state index in [4.69, 9.17) is 0 Å². The lowest BCUT2D eigenvalue weighted by Crippen LogP contribution is -2.21. The van der Waals surface area contributed by atoms with Gasteiger partial charge in [0.25, 0.3) is 0 Å². The predicted molar refractivity (Wildman–Crippen MR) is 44.8 cm³/mol. The van der Waals surface area contributed by atoms with Crippen molar-refractivity contribution in [1.29, 1.82) is 0 Å². The molecule has 9 heavy (non-hydrogen) atoms. The van der Waals surface area contributed by atoms with Crippen LogP contribution < -0.4 is 0 Å². The molecule has 0 rings (SSSR count). The van der Waals surface area contributed by atoms with Crippen molar-refractivity contribution in [3.63, 3.8) is 0 Å². The Morgan fingerprint density at radius 2 is 1.00 bits per heavy atom. The molecule has 0 saturated heterocycles. The van der Waals surface area contributed by atoms with E-state index in [0.717, 1.165) is 0 Å². The summed E-state index contributed by atoms with van der Waals surface area (Å²) in [6, 6.07) is 0. The summed E-state index contributed by atoms with van der Waals surface area (Å²) in [7, 11) is 0. The first kappa shape index (κ1) is 11.7. The van der Waals surface area contributed by atoms with Crippen LogP contribution in [-0.2, 0) is 0 Å². The van der Waals surface area contributed by atoms with Crippen molar-refractivity contribution in [3.8, 4) is 0 Å². The van der Waals surface area contributed by atoms with Gasteiger partial charge < -0.3 is 4.90 Å². The average Bonchev–Trinajstić information content (AvgIpc) is 1.96. The Morgan fingerprint density at radius 1 is 0.778 bits per heavy atom. The van der Waals surface area contributed by atoms with E-state index in [9.17, 15) is 0 Å². The average molecular weight is 131 g/mol. The summed E-state index contributed by atoms with van der Waals surface area (Å²) in [4.78, 5) is 2.38. The molecule has 0 unspecified atom stereocenters. The Hall–Kier alpha value is -0.0400. The molecule has 0 aromatic rings. The topological polar surface area (TPSA) is 3.24 Å². The number of hydrogen-bond acceptors (Lipinski definition) is 1. The molecule has 0 fully saturated rings. The third kappa shape index (κ3) is 7.96. The first-order chi connectivity index (χ1) is 4.35. The van der Waals surface area contributed by atoms with Gasteiger partial charge in [-0.1, -0.05) is 34.6 Å². The molecule has 0 radical (unpaired) electrons. The number of hydrogen-bond donors (Lipinski definition) is 0. The molecule has 0 spiro atoms. The quantitative estimate of drug-likeness (QED) is 0.568. The summed E-state index contributed by atoms with van der Waals surface area (Å²) in [5.41, 5.74) is 0. The highest BCUT2D eigenvalue weighted by Crippen LogP contribution is 1.81. The van der Waals surface area contributed by atoms with Crippen LogP contribution in [0, 0.1) is 0 Å². The van der Waals surface area contributed by atoms with Crippen LogP contribution in [0.2, 0.25) is 0 Å². The third-order valence-corrected chi connectivity index (χ3v) is 1.34. The summed E-state index contributed by atoms with van der Waals surface area (Å²) in [6.45, 7) is 14.1. The van der Waals surface area contributed by atoms with Gasteiger partial charge in [-0.25, -0.2) is 0 Å². The van der Waals surface area contributed by atoms with E-state index in [1.165, 1.54) is 19.6 Å². The molecule has 0 aliphatic carbocycles. The first-order valence-electron chi connectivity index (χ1n) is 4.07. The van der Waals surface area contributed by atoms with E-state index >= 15 is 0 Å². The van der Waals surface area contributed by atoms with Gasteiger partial charge in [-0.2, -0.15) is 0 Å². The van der Waals surface area contributed by atoms with E-state index < -0.39 is 0 Å². The monoisotopic (exact) mass is 131 g/mol. The van der Waals surface area contributed by atoms with Gasteiger partial charge in [0, 0.05) is 0 Å². The Morgan fingerprint density at radius 3 is 1.00 bits per heavy atom. The molecule has 0 N–H and O–H groups in total. The zero-order valence-electron chi connectivity index (χ0n) is 7.57. The summed E-state index contributed by atoms with van der Waals surface area (Å²) in [6.07, 6.45) is 0. The Labute approximate surface area is 60.1 Å². The molecule has 0 saturated carbocycles. The Balaban J connectivity index is 0. The highest BCUT2D eigenvalue weighted by Gasteiger charge is 1.89. The minimum Gasteiger partial charge on any atom is -0.304 e. The highest BCUT2D eigenvalue weighted by atomic mass is 15.1. The maximum Gasteiger partial charge on any atom is -0.00474 e. The molecule has 58 valence electrons. The van der Waals surface area contributed by atoms with Gasteiger partial charge in [-0.15, -0.1) is 0 Å². The summed E-state index contributed by atoms with van der Waals surface area (Å²) in [5, 5.41) is 0. The minimum absolute atomic E-state index is 1.19. The predicted octanol–water partition coefficient (Wildman–Crippen LogP) is 2.37. The molecule has 0 heterocycles. The van der Waals surface area contributed by atoms with E-state index in [2.05, 4.69) is 25.7 Å². The van der Waals surface area contributed by atoms with Gasteiger partial charge in [0.05, 0.1) is 0 Å². The molecular weight excluding hydrogens is 110 g/mol. The zero-order chi connectivity index (χ0) is 7.70. The normalized spacial score (nSPS) is 8.67. The van der Waals surface area contributed by atoms with Gasteiger partial charge in [0.15, 0.2) is 0 Å². The molecule has 1 nitrogen and oxygen atoms in total. The van der Waals surface area contributed by atoms with Crippen molar-refractivity contribution in [2.75, 3.05) is 19.6 Å². The molecule has 0 aromatic carbocycles. The fourth-order valence-corrected chi connectivity index (χ4v) is 0.671. The van der Waals surface area contributed by atoms with Crippen molar-refractivity contribution in [1.82, 2.24) is 4.90 Å². The van der Waals surface area contributed by atoms with Crippen molar-refractivity contribution in [2.24, 2.45) is 0 Å². The fourth-order valence-electron chi connectivity index (χ4n) is 0.671. The second kappa shape index (κ2) is 10.9. The third-order valence-electron chi connectivity index (χ3n) is 1.34. The molecule has 0 aromatic heterocycles. The maximum absolute atomic E-state index is 2.38. The second-order valence-electron chi connectivity index (χ2n) is 1.62. The molecule has 0 bridgehead atoms. The lowest BCUT2D eigenvalue weighted by atomic mass is 10.5. The van der Waals surface area contributed by atoms with Crippen LogP contribution in [-0.4, -0.2) is 24.5 Å². The summed E-state index contributed by atoms with van der Waals surface area (Å²) in [5.74, 6) is 0. The van der Waals surface area contributed by atoms with Crippen LogP contribution in [0.25, 0.3) is 0 Å². The molecule has 1 heteroatoms. The van der Waals surface area contributed by atoms with Gasteiger partial charge in [-0.3, -0.25) is 0 Å². The van der Waals surface area contributed by atoms with E-state index in [-0.39, 0.29) is 0 Å². The minimum atomic E-state index is 1.19. The van der Waals surface area contributed by atoms with E-state index in [1.54, 1.807) is 0 Å². The zero-order valence-corrected chi connectivity index (χ0v) is 7.57. The van der Waals surface area contributed by atoms with Crippen molar-refractivity contribution in [3.05, 3.63) is 0 Å². The largest absolute Gasteiger partial charge is 0.304 e. The molecule has 0 aliphatic heterocycles. The standard InChI is InChI=1S/C6H15N.C2H6/c1-4-7(5-2)6-3;1-2/h4-6H2,1-3H3;1-2H3. The first-order valence-corrected chi connectivity index (χ1v) is 4.07. The Kier molecular flexibility index (Phi) is 14.1. The summed E-state index contributed by atoms with van der Waals surface area (Å²) >= 11 is 0. The van der Waals surface area contributed by atoms with Crippen molar-refractivity contribution >= 4 is 0 Å². The fraction of sp³-hybridized carbons (Fsp3) is 1.00. The Bertz CT molecular complexity index is 26.0. The summed E-state index contributed by atoms with van der Waals surface area (Å²) < 4.78 is 0. The maximum atomic E-state index is 2.38. The molecule has 0 aliphatic rings. The van der Waals surface area contributed by atoms with Crippen LogP contribution in [0.4, 0.5) is 0 Å². The van der Waals surface area contributed by atoms with Crippen LogP contribution in [0.1, 0.15) is 34.6 Å². The SMILES string of the molecule is CC.CCN(CC)CC. The molecule has 0 amide bonds. The number of rotatable bonds is 3. The van der Waals surface area contributed by atoms with Crippen LogP contribution in [0.5, 0.6) is 0 Å². The van der Waals surface area contributed by atoms with Gasteiger partial charge in [0.2, 0.25) is 0 Å². The van der Waals surface area contributed by atoms with Crippen LogP contribution in [0.15, 0.2) is 0 Å². The van der Waals surface area contributed by atoms with Gasteiger partial charge >= 0.3 is 0 Å². The van der Waals surface area contributed by atoms with Crippen LogP contribution >= 0.6 is 0 Å². The van der Waals surface area contributed by atoms with Crippen molar-refractivity contribution in [2.45, 2.75) is 34.6 Å². The molecular formula is C8H21N. The van der Waals surface area contributed by atoms with E-state index in [0.29, 0.717) is 0 Å². The smallest absolute Gasteiger partial charge is 0.00474 e. The lowest BCUT2D eigenvalue weighted by molar-refractivity contribution is 0.321.